The highest BCUT2D eigenvalue weighted by Crippen LogP contribution is 2.16. The average Bonchev–Trinajstić information content (AvgIpc) is 2.94. The summed E-state index contributed by atoms with van der Waals surface area (Å²) in [5.41, 5.74) is 1.13. The first-order chi connectivity index (χ1) is 11.2. The van der Waals surface area contributed by atoms with Crippen LogP contribution in [0, 0.1) is 5.92 Å². The maximum atomic E-state index is 5.80. The van der Waals surface area contributed by atoms with E-state index in [1.165, 1.54) is 0 Å². The molecule has 3 rings (SSSR count). The molecule has 0 bridgehead atoms. The normalized spacial score (nSPS) is 19.5. The van der Waals surface area contributed by atoms with E-state index in [4.69, 9.17) is 9.72 Å². The maximum Gasteiger partial charge on any atom is 0.128 e. The molecule has 1 fully saturated rings. The fourth-order valence-electron chi connectivity index (χ4n) is 2.94. The molecule has 0 unspecified atom stereocenters. The van der Waals surface area contributed by atoms with Gasteiger partial charge in [-0.3, -0.25) is 4.90 Å². The van der Waals surface area contributed by atoms with Gasteiger partial charge >= 0.3 is 0 Å². The highest BCUT2D eigenvalue weighted by molar-refractivity contribution is 5.37. The SMILES string of the molecule is CN(C)c1cccc(C[C@@H]2COCCN(Cc3ncc[nH]3)C2)n1. The van der Waals surface area contributed by atoms with Crippen molar-refractivity contribution in [3.63, 3.8) is 0 Å². The van der Waals surface area contributed by atoms with Gasteiger partial charge in [0.25, 0.3) is 0 Å². The third kappa shape index (κ3) is 4.53. The molecule has 124 valence electrons. The summed E-state index contributed by atoms with van der Waals surface area (Å²) in [6, 6.07) is 6.22. The maximum absolute atomic E-state index is 5.80. The Bertz CT molecular complexity index is 599. The Morgan fingerprint density at radius 1 is 1.39 bits per heavy atom. The quantitative estimate of drug-likeness (QED) is 0.907. The van der Waals surface area contributed by atoms with Gasteiger partial charge < -0.3 is 14.6 Å². The van der Waals surface area contributed by atoms with Crippen LogP contribution in [0.15, 0.2) is 30.6 Å². The van der Waals surface area contributed by atoms with Crippen molar-refractivity contribution in [2.24, 2.45) is 5.92 Å². The van der Waals surface area contributed by atoms with Gasteiger partial charge in [0, 0.05) is 51.2 Å². The van der Waals surface area contributed by atoms with E-state index in [-0.39, 0.29) is 0 Å². The van der Waals surface area contributed by atoms with Crippen molar-refractivity contribution in [3.8, 4) is 0 Å². The predicted octanol–water partition coefficient (Wildman–Crippen LogP) is 1.56. The molecule has 23 heavy (non-hydrogen) atoms. The van der Waals surface area contributed by atoms with Crippen LogP contribution < -0.4 is 4.90 Å². The van der Waals surface area contributed by atoms with Crippen LogP contribution in [0.25, 0.3) is 0 Å². The zero-order valence-electron chi connectivity index (χ0n) is 13.9. The number of anilines is 1. The summed E-state index contributed by atoms with van der Waals surface area (Å²) in [7, 11) is 4.04. The molecule has 0 aliphatic carbocycles. The fraction of sp³-hybridized carbons (Fsp3) is 0.529. The smallest absolute Gasteiger partial charge is 0.128 e. The molecule has 1 atom stereocenters. The van der Waals surface area contributed by atoms with Crippen molar-refractivity contribution in [3.05, 3.63) is 42.1 Å². The van der Waals surface area contributed by atoms with Gasteiger partial charge in [-0.25, -0.2) is 9.97 Å². The molecular weight excluding hydrogens is 290 g/mol. The van der Waals surface area contributed by atoms with Crippen molar-refractivity contribution in [2.45, 2.75) is 13.0 Å². The van der Waals surface area contributed by atoms with Gasteiger partial charge in [0.15, 0.2) is 0 Å². The molecule has 1 N–H and O–H groups in total. The molecule has 6 heteroatoms. The molecule has 0 saturated carbocycles. The van der Waals surface area contributed by atoms with Crippen LogP contribution in [-0.2, 0) is 17.7 Å². The number of aromatic nitrogens is 3. The standard InChI is InChI=1S/C17H25N5O/c1-21(2)17-5-3-4-15(20-17)10-14-11-22(8-9-23-13-14)12-16-18-6-7-19-16/h3-7,14H,8-13H2,1-2H3,(H,18,19)/t14-/m0/s1. The first-order valence-electron chi connectivity index (χ1n) is 8.12. The number of nitrogens with one attached hydrogen (secondary N) is 1. The van der Waals surface area contributed by atoms with Gasteiger partial charge in [-0.1, -0.05) is 6.07 Å². The molecule has 2 aromatic rings. The molecule has 0 aromatic carbocycles. The van der Waals surface area contributed by atoms with Crippen LogP contribution >= 0.6 is 0 Å². The Balaban J connectivity index is 1.63. The number of hydrogen-bond acceptors (Lipinski definition) is 5. The van der Waals surface area contributed by atoms with Crippen molar-refractivity contribution in [1.82, 2.24) is 19.9 Å². The lowest BCUT2D eigenvalue weighted by atomic mass is 10.0. The predicted molar refractivity (Wildman–Crippen MR) is 90.4 cm³/mol. The number of ether oxygens (including phenoxy) is 1. The number of H-pyrrole nitrogens is 1. The summed E-state index contributed by atoms with van der Waals surface area (Å²) in [4.78, 5) is 16.7. The number of rotatable bonds is 5. The van der Waals surface area contributed by atoms with Crippen LogP contribution in [0.3, 0.4) is 0 Å². The number of aromatic amines is 1. The summed E-state index contributed by atoms with van der Waals surface area (Å²) in [6.45, 7) is 4.37. The van der Waals surface area contributed by atoms with Gasteiger partial charge in [-0.2, -0.15) is 0 Å². The third-order valence-corrected chi connectivity index (χ3v) is 4.10. The van der Waals surface area contributed by atoms with E-state index in [1.54, 1.807) is 6.20 Å². The van der Waals surface area contributed by atoms with Gasteiger partial charge in [0.1, 0.15) is 11.6 Å². The number of pyridine rings is 1. The molecule has 3 heterocycles. The molecule has 1 saturated heterocycles. The zero-order valence-corrected chi connectivity index (χ0v) is 13.9. The van der Waals surface area contributed by atoms with Crippen LogP contribution in [0.2, 0.25) is 0 Å². The zero-order chi connectivity index (χ0) is 16.1. The largest absolute Gasteiger partial charge is 0.380 e. The second-order valence-corrected chi connectivity index (χ2v) is 6.30. The van der Waals surface area contributed by atoms with Crippen molar-refractivity contribution >= 4 is 5.82 Å². The lowest BCUT2D eigenvalue weighted by molar-refractivity contribution is 0.121. The first-order valence-corrected chi connectivity index (χ1v) is 8.12. The molecule has 0 amide bonds. The Morgan fingerprint density at radius 2 is 2.30 bits per heavy atom. The first kappa shape index (κ1) is 16.0. The highest BCUT2D eigenvalue weighted by Gasteiger charge is 2.20. The number of hydrogen-bond donors (Lipinski definition) is 1. The summed E-state index contributed by atoms with van der Waals surface area (Å²) in [5, 5.41) is 0. The van der Waals surface area contributed by atoms with E-state index in [9.17, 15) is 0 Å². The minimum atomic E-state index is 0.456. The van der Waals surface area contributed by atoms with E-state index < -0.39 is 0 Å². The summed E-state index contributed by atoms with van der Waals surface area (Å²) in [5.74, 6) is 2.47. The van der Waals surface area contributed by atoms with Gasteiger partial charge in [0.2, 0.25) is 0 Å². The molecule has 2 aromatic heterocycles. The molecule has 1 aliphatic rings. The van der Waals surface area contributed by atoms with Crippen LogP contribution in [0.5, 0.6) is 0 Å². The van der Waals surface area contributed by atoms with Gasteiger partial charge in [-0.15, -0.1) is 0 Å². The lowest BCUT2D eigenvalue weighted by Gasteiger charge is -2.22. The Morgan fingerprint density at radius 3 is 3.09 bits per heavy atom. The minimum Gasteiger partial charge on any atom is -0.380 e. The van der Waals surface area contributed by atoms with Crippen molar-refractivity contribution < 1.29 is 4.74 Å². The summed E-state index contributed by atoms with van der Waals surface area (Å²) < 4.78 is 5.80. The van der Waals surface area contributed by atoms with E-state index in [0.717, 1.165) is 56.6 Å². The van der Waals surface area contributed by atoms with E-state index >= 15 is 0 Å². The molecule has 0 radical (unpaired) electrons. The summed E-state index contributed by atoms with van der Waals surface area (Å²) >= 11 is 0. The van der Waals surface area contributed by atoms with E-state index in [2.05, 4.69) is 27.0 Å². The number of nitrogens with zero attached hydrogens (tertiary/aromatic N) is 4. The fourth-order valence-corrected chi connectivity index (χ4v) is 2.94. The summed E-state index contributed by atoms with van der Waals surface area (Å²) in [6.07, 6.45) is 4.62. The molecule has 1 aliphatic heterocycles. The van der Waals surface area contributed by atoms with Crippen LogP contribution in [0.1, 0.15) is 11.5 Å². The molecule has 0 spiro atoms. The average molecular weight is 315 g/mol. The van der Waals surface area contributed by atoms with Crippen LogP contribution in [0.4, 0.5) is 5.82 Å². The van der Waals surface area contributed by atoms with Crippen molar-refractivity contribution in [2.75, 3.05) is 45.3 Å². The Kier molecular flexibility index (Phi) is 5.25. The van der Waals surface area contributed by atoms with Gasteiger partial charge in [-0.05, 0) is 18.6 Å². The second kappa shape index (κ2) is 7.57. The van der Waals surface area contributed by atoms with Gasteiger partial charge in [0.05, 0.1) is 19.8 Å². The van der Waals surface area contributed by atoms with Crippen LogP contribution in [-0.4, -0.2) is 60.3 Å². The highest BCUT2D eigenvalue weighted by atomic mass is 16.5. The van der Waals surface area contributed by atoms with E-state index in [1.807, 2.05) is 31.3 Å². The third-order valence-electron chi connectivity index (χ3n) is 4.10. The monoisotopic (exact) mass is 315 g/mol. The minimum absolute atomic E-state index is 0.456. The Hall–Kier alpha value is -1.92. The lowest BCUT2D eigenvalue weighted by Crippen LogP contribution is -2.31. The Labute approximate surface area is 137 Å². The number of imidazole rings is 1. The topological polar surface area (TPSA) is 57.3 Å². The molecular formula is C17H25N5O. The second-order valence-electron chi connectivity index (χ2n) is 6.30. The van der Waals surface area contributed by atoms with Crippen molar-refractivity contribution in [1.29, 1.82) is 0 Å². The van der Waals surface area contributed by atoms with E-state index in [0.29, 0.717) is 5.92 Å². The molecule has 6 nitrogen and oxygen atoms in total.